The summed E-state index contributed by atoms with van der Waals surface area (Å²) in [6.45, 7) is 6.57. The van der Waals surface area contributed by atoms with Gasteiger partial charge in [0.05, 0.1) is 17.6 Å². The number of hydrogen-bond donors (Lipinski definition) is 2. The first-order valence-corrected chi connectivity index (χ1v) is 9.24. The van der Waals surface area contributed by atoms with Gasteiger partial charge < -0.3 is 20.1 Å². The molecule has 0 unspecified atom stereocenters. The zero-order valence-corrected chi connectivity index (χ0v) is 15.6. The van der Waals surface area contributed by atoms with Crippen molar-refractivity contribution in [3.8, 4) is 0 Å². The number of carbonyl (C=O) groups is 1. The van der Waals surface area contributed by atoms with E-state index in [4.69, 9.17) is 11.6 Å². The Bertz CT molecular complexity index is 731. The van der Waals surface area contributed by atoms with Crippen LogP contribution in [0.4, 0.5) is 4.79 Å². The maximum Gasteiger partial charge on any atom is 0.317 e. The van der Waals surface area contributed by atoms with Crippen LogP contribution < -0.4 is 5.32 Å². The molecule has 7 heteroatoms. The van der Waals surface area contributed by atoms with E-state index in [2.05, 4.69) is 27.1 Å². The van der Waals surface area contributed by atoms with Crippen molar-refractivity contribution in [3.05, 3.63) is 29.0 Å². The third-order valence-corrected chi connectivity index (χ3v) is 4.91. The number of H-pyrrole nitrogens is 1. The minimum atomic E-state index is -0.0800. The Hall–Kier alpha value is -1.79. The van der Waals surface area contributed by atoms with Gasteiger partial charge in [-0.05, 0) is 43.5 Å². The van der Waals surface area contributed by atoms with Crippen molar-refractivity contribution in [1.82, 2.24) is 25.1 Å². The van der Waals surface area contributed by atoms with Crippen LogP contribution in [0, 0.1) is 5.92 Å². The highest BCUT2D eigenvalue weighted by Gasteiger charge is 2.16. The fraction of sp³-hybridized carbons (Fsp3) is 0.556. The molecule has 2 amide bonds. The quantitative estimate of drug-likeness (QED) is 0.858. The lowest BCUT2D eigenvalue weighted by Gasteiger charge is -2.30. The highest BCUT2D eigenvalue weighted by molar-refractivity contribution is 6.31. The molecule has 1 aromatic heterocycles. The fourth-order valence-electron chi connectivity index (χ4n) is 3.35. The molecule has 2 aromatic rings. The number of nitrogens with one attached hydrogen (secondary N) is 2. The summed E-state index contributed by atoms with van der Waals surface area (Å²) in [6.07, 6.45) is 2.57. The Morgan fingerprint density at radius 1 is 1.52 bits per heavy atom. The van der Waals surface area contributed by atoms with Crippen molar-refractivity contribution < 1.29 is 4.79 Å². The monoisotopic (exact) mass is 363 g/mol. The molecule has 3 rings (SSSR count). The van der Waals surface area contributed by atoms with Crippen molar-refractivity contribution in [2.45, 2.75) is 26.3 Å². The summed E-state index contributed by atoms with van der Waals surface area (Å²) < 4.78 is 0. The molecule has 0 bridgehead atoms. The first kappa shape index (κ1) is 18.0. The zero-order valence-electron chi connectivity index (χ0n) is 14.9. The highest BCUT2D eigenvalue weighted by atomic mass is 35.5. The molecule has 2 heterocycles. The van der Waals surface area contributed by atoms with E-state index in [-0.39, 0.29) is 6.03 Å². The first-order chi connectivity index (χ1) is 12.0. The van der Waals surface area contributed by atoms with Crippen LogP contribution in [0.3, 0.4) is 0 Å². The Labute approximate surface area is 153 Å². The van der Waals surface area contributed by atoms with E-state index in [1.807, 2.05) is 18.2 Å². The van der Waals surface area contributed by atoms with Crippen molar-refractivity contribution in [1.29, 1.82) is 0 Å². The van der Waals surface area contributed by atoms with E-state index in [9.17, 15) is 4.79 Å². The van der Waals surface area contributed by atoms with Crippen molar-refractivity contribution in [2.75, 3.05) is 33.2 Å². The van der Waals surface area contributed by atoms with E-state index in [0.29, 0.717) is 18.1 Å². The molecular weight excluding hydrogens is 338 g/mol. The number of aromatic amines is 1. The van der Waals surface area contributed by atoms with Crippen molar-refractivity contribution in [2.24, 2.45) is 5.92 Å². The van der Waals surface area contributed by atoms with E-state index in [0.717, 1.165) is 42.4 Å². The Kier molecular flexibility index (Phi) is 5.81. The first-order valence-electron chi connectivity index (χ1n) is 8.87. The Morgan fingerprint density at radius 2 is 2.36 bits per heavy atom. The number of benzene rings is 1. The second-order valence-electron chi connectivity index (χ2n) is 6.98. The summed E-state index contributed by atoms with van der Waals surface area (Å²) in [5.41, 5.74) is 1.74. The minimum absolute atomic E-state index is 0.0800. The third kappa shape index (κ3) is 4.86. The van der Waals surface area contributed by atoms with E-state index >= 15 is 0 Å². The SMILES string of the molecule is C[C@H]1CCCN(CCNC(=O)N(C)Cc2nc3ccc(Cl)cc3[nH]2)C1. The summed E-state index contributed by atoms with van der Waals surface area (Å²) in [7, 11) is 1.78. The number of hydrogen-bond acceptors (Lipinski definition) is 3. The van der Waals surface area contributed by atoms with Gasteiger partial charge in [-0.1, -0.05) is 18.5 Å². The van der Waals surface area contributed by atoms with E-state index in [1.54, 1.807) is 11.9 Å². The Balaban J connectivity index is 1.46. The molecule has 0 radical (unpaired) electrons. The summed E-state index contributed by atoms with van der Waals surface area (Å²) in [6, 6.07) is 5.44. The fourth-order valence-corrected chi connectivity index (χ4v) is 3.52. The maximum atomic E-state index is 12.3. The van der Waals surface area contributed by atoms with E-state index in [1.165, 1.54) is 12.8 Å². The van der Waals surface area contributed by atoms with Gasteiger partial charge in [-0.25, -0.2) is 9.78 Å². The van der Waals surface area contributed by atoms with Crippen LogP contribution in [0.5, 0.6) is 0 Å². The smallest absolute Gasteiger partial charge is 0.317 e. The second kappa shape index (κ2) is 8.06. The molecule has 1 aliphatic heterocycles. The Morgan fingerprint density at radius 3 is 3.16 bits per heavy atom. The molecular formula is C18H26ClN5O. The van der Waals surface area contributed by atoms with Gasteiger partial charge in [0.1, 0.15) is 5.82 Å². The summed E-state index contributed by atoms with van der Waals surface area (Å²) >= 11 is 5.99. The topological polar surface area (TPSA) is 64.3 Å². The molecule has 0 saturated carbocycles. The lowest BCUT2D eigenvalue weighted by atomic mass is 10.0. The molecule has 136 valence electrons. The predicted octanol–water partition coefficient (Wildman–Crippen LogP) is 3.09. The van der Waals surface area contributed by atoms with Gasteiger partial charge in [-0.3, -0.25) is 0 Å². The van der Waals surface area contributed by atoms with Gasteiger partial charge in [0.2, 0.25) is 0 Å². The molecule has 1 saturated heterocycles. The maximum absolute atomic E-state index is 12.3. The number of imidazole rings is 1. The molecule has 0 aliphatic carbocycles. The largest absolute Gasteiger partial charge is 0.340 e. The predicted molar refractivity (Wildman–Crippen MR) is 101 cm³/mol. The van der Waals surface area contributed by atoms with E-state index < -0.39 is 0 Å². The average molecular weight is 364 g/mol. The van der Waals surface area contributed by atoms with Crippen molar-refractivity contribution in [3.63, 3.8) is 0 Å². The standard InChI is InChI=1S/C18H26ClN5O/c1-13-4-3-8-24(11-13)9-7-20-18(25)23(2)12-17-21-15-6-5-14(19)10-16(15)22-17/h5-6,10,13H,3-4,7-9,11-12H2,1-2H3,(H,20,25)(H,21,22)/t13-/m0/s1. The normalized spacial score (nSPS) is 18.4. The van der Waals surface area contributed by atoms with Crippen LogP contribution in [0.2, 0.25) is 5.02 Å². The van der Waals surface area contributed by atoms with Crippen LogP contribution in [-0.2, 0) is 6.54 Å². The second-order valence-corrected chi connectivity index (χ2v) is 7.42. The molecule has 6 nitrogen and oxygen atoms in total. The number of urea groups is 1. The number of rotatable bonds is 5. The number of fused-ring (bicyclic) bond motifs is 1. The van der Waals surface area contributed by atoms with Crippen LogP contribution in [-0.4, -0.2) is 59.0 Å². The average Bonchev–Trinajstić information content (AvgIpc) is 2.96. The summed E-state index contributed by atoms with van der Waals surface area (Å²) in [5.74, 6) is 1.51. The van der Waals surface area contributed by atoms with Crippen LogP contribution >= 0.6 is 11.6 Å². The molecule has 2 N–H and O–H groups in total. The number of aromatic nitrogens is 2. The molecule has 0 spiro atoms. The third-order valence-electron chi connectivity index (χ3n) is 4.67. The molecule has 1 fully saturated rings. The number of amides is 2. The van der Waals surface area contributed by atoms with Gasteiger partial charge in [0, 0.05) is 31.7 Å². The minimum Gasteiger partial charge on any atom is -0.340 e. The number of likely N-dealkylation sites (tertiary alicyclic amines) is 1. The molecule has 25 heavy (non-hydrogen) atoms. The highest BCUT2D eigenvalue weighted by Crippen LogP contribution is 2.17. The molecule has 1 atom stereocenters. The molecule has 1 aliphatic rings. The lowest BCUT2D eigenvalue weighted by Crippen LogP contribution is -2.43. The van der Waals surface area contributed by atoms with Gasteiger partial charge in [-0.2, -0.15) is 0 Å². The van der Waals surface area contributed by atoms with Crippen LogP contribution in [0.25, 0.3) is 11.0 Å². The number of nitrogens with zero attached hydrogens (tertiary/aromatic N) is 3. The number of carbonyl (C=O) groups excluding carboxylic acids is 1. The molecule has 1 aromatic carbocycles. The van der Waals surface area contributed by atoms with Gasteiger partial charge in [0.25, 0.3) is 0 Å². The summed E-state index contributed by atoms with van der Waals surface area (Å²) in [4.78, 5) is 24.0. The van der Waals surface area contributed by atoms with Crippen LogP contribution in [0.1, 0.15) is 25.6 Å². The van der Waals surface area contributed by atoms with Crippen molar-refractivity contribution >= 4 is 28.7 Å². The van der Waals surface area contributed by atoms with Gasteiger partial charge in [-0.15, -0.1) is 0 Å². The lowest BCUT2D eigenvalue weighted by molar-refractivity contribution is 0.178. The van der Waals surface area contributed by atoms with Crippen LogP contribution in [0.15, 0.2) is 18.2 Å². The number of halogens is 1. The summed E-state index contributed by atoms with van der Waals surface area (Å²) in [5, 5.41) is 3.66. The number of piperidine rings is 1. The zero-order chi connectivity index (χ0) is 17.8. The van der Waals surface area contributed by atoms with Gasteiger partial charge >= 0.3 is 6.03 Å². The van der Waals surface area contributed by atoms with Gasteiger partial charge in [0.15, 0.2) is 0 Å².